The first-order chi connectivity index (χ1) is 8.86. The summed E-state index contributed by atoms with van der Waals surface area (Å²) in [5.74, 6) is 0.803. The molecule has 0 unspecified atom stereocenters. The van der Waals surface area contributed by atoms with Crippen molar-refractivity contribution in [1.82, 2.24) is 10.2 Å². The number of nitrogens with one attached hydrogen (secondary N) is 1. The van der Waals surface area contributed by atoms with E-state index < -0.39 is 0 Å². The molecular formula is C15H17N3. The number of aromatic nitrogens is 2. The lowest BCUT2D eigenvalue weighted by Gasteiger charge is -2.16. The summed E-state index contributed by atoms with van der Waals surface area (Å²) in [6.45, 7) is 0. The Balaban J connectivity index is 1.95. The molecule has 1 aliphatic rings. The third-order valence-corrected chi connectivity index (χ3v) is 3.56. The molecule has 1 heterocycles. The molecule has 1 N–H and O–H groups in total. The van der Waals surface area contributed by atoms with E-state index in [0.717, 1.165) is 11.5 Å². The van der Waals surface area contributed by atoms with Crippen LogP contribution in [0.15, 0.2) is 30.3 Å². The molecular weight excluding hydrogens is 222 g/mol. The topological polar surface area (TPSA) is 37.8 Å². The summed E-state index contributed by atoms with van der Waals surface area (Å²) in [7, 11) is 1.85. The molecule has 0 spiro atoms. The number of benzene rings is 1. The number of fused-ring (bicyclic) bond motifs is 1. The molecule has 0 amide bonds. The van der Waals surface area contributed by atoms with E-state index >= 15 is 0 Å². The molecule has 3 heteroatoms. The summed E-state index contributed by atoms with van der Waals surface area (Å²) < 4.78 is 0. The minimum atomic E-state index is 0.803. The van der Waals surface area contributed by atoms with Gasteiger partial charge in [-0.3, -0.25) is 0 Å². The highest BCUT2D eigenvalue weighted by Gasteiger charge is 2.10. The van der Waals surface area contributed by atoms with Gasteiger partial charge in [0.25, 0.3) is 0 Å². The Kier molecular flexibility index (Phi) is 2.97. The van der Waals surface area contributed by atoms with Crippen LogP contribution in [0.25, 0.3) is 11.3 Å². The summed E-state index contributed by atoms with van der Waals surface area (Å²) >= 11 is 0. The van der Waals surface area contributed by atoms with Gasteiger partial charge in [0.1, 0.15) is 5.82 Å². The second-order valence-corrected chi connectivity index (χ2v) is 4.74. The third-order valence-electron chi connectivity index (χ3n) is 3.56. The van der Waals surface area contributed by atoms with Crippen molar-refractivity contribution in [1.29, 1.82) is 0 Å². The van der Waals surface area contributed by atoms with Crippen LogP contribution in [0.5, 0.6) is 0 Å². The number of nitrogens with zero attached hydrogens (tertiary/aromatic N) is 2. The maximum Gasteiger partial charge on any atom is 0.148 e. The van der Waals surface area contributed by atoms with Crippen LogP contribution < -0.4 is 5.32 Å². The number of hydrogen-bond acceptors (Lipinski definition) is 3. The van der Waals surface area contributed by atoms with Crippen LogP contribution in [0.2, 0.25) is 0 Å². The Morgan fingerprint density at radius 2 is 1.78 bits per heavy atom. The maximum atomic E-state index is 4.26. The normalized spacial score (nSPS) is 14.1. The molecule has 0 radical (unpaired) electrons. The van der Waals surface area contributed by atoms with E-state index in [1.807, 2.05) is 19.2 Å². The van der Waals surface area contributed by atoms with Crippen LogP contribution in [0.1, 0.15) is 24.0 Å². The lowest BCUT2D eigenvalue weighted by Crippen LogP contribution is -2.02. The van der Waals surface area contributed by atoms with Crippen molar-refractivity contribution in [2.75, 3.05) is 12.4 Å². The quantitative estimate of drug-likeness (QED) is 0.875. The van der Waals surface area contributed by atoms with Crippen LogP contribution in [0.3, 0.4) is 0 Å². The fourth-order valence-electron chi connectivity index (χ4n) is 2.51. The van der Waals surface area contributed by atoms with Crippen molar-refractivity contribution >= 4 is 5.82 Å². The summed E-state index contributed by atoms with van der Waals surface area (Å²) in [6.07, 6.45) is 5.05. The van der Waals surface area contributed by atoms with Gasteiger partial charge in [0.05, 0.1) is 5.69 Å². The van der Waals surface area contributed by atoms with Crippen LogP contribution in [0, 0.1) is 0 Å². The Hall–Kier alpha value is -1.90. The fourth-order valence-corrected chi connectivity index (χ4v) is 2.51. The molecule has 3 rings (SSSR count). The average Bonchev–Trinajstić information content (AvgIpc) is 2.47. The highest BCUT2D eigenvalue weighted by molar-refractivity contribution is 5.61. The number of aryl methyl sites for hydroxylation is 2. The molecule has 3 nitrogen and oxygen atoms in total. The fraction of sp³-hybridized carbons (Fsp3) is 0.333. The molecule has 0 atom stereocenters. The minimum absolute atomic E-state index is 0.803. The second-order valence-electron chi connectivity index (χ2n) is 4.74. The van der Waals surface area contributed by atoms with E-state index in [4.69, 9.17) is 0 Å². The Bertz CT molecular complexity index is 546. The highest BCUT2D eigenvalue weighted by Crippen LogP contribution is 2.26. The van der Waals surface area contributed by atoms with Crippen LogP contribution in [-0.2, 0) is 12.8 Å². The third kappa shape index (κ3) is 2.08. The van der Waals surface area contributed by atoms with E-state index in [-0.39, 0.29) is 0 Å². The van der Waals surface area contributed by atoms with Crippen molar-refractivity contribution in [2.24, 2.45) is 0 Å². The standard InChI is InChI=1S/C15H17N3/c1-16-15-9-8-14(17-18-15)13-7-6-11-4-2-3-5-12(11)10-13/h6-10H,2-5H2,1H3,(H,16,18). The summed E-state index contributed by atoms with van der Waals surface area (Å²) in [5, 5.41) is 11.4. The lowest BCUT2D eigenvalue weighted by atomic mass is 9.90. The smallest absolute Gasteiger partial charge is 0.148 e. The SMILES string of the molecule is CNc1ccc(-c2ccc3c(c2)CCCC3)nn1. The predicted octanol–water partition coefficient (Wildman–Crippen LogP) is 3.06. The van der Waals surface area contributed by atoms with Crippen LogP contribution >= 0.6 is 0 Å². The van der Waals surface area contributed by atoms with Gasteiger partial charge in [-0.05, 0) is 55.0 Å². The first kappa shape index (κ1) is 11.2. The van der Waals surface area contributed by atoms with Gasteiger partial charge in [-0.15, -0.1) is 10.2 Å². The number of hydrogen-bond donors (Lipinski definition) is 1. The van der Waals surface area contributed by atoms with Gasteiger partial charge in [0.15, 0.2) is 0 Å². The lowest BCUT2D eigenvalue weighted by molar-refractivity contribution is 0.686. The maximum absolute atomic E-state index is 4.26. The minimum Gasteiger partial charge on any atom is -0.372 e. The van der Waals surface area contributed by atoms with Crippen molar-refractivity contribution in [3.05, 3.63) is 41.5 Å². The van der Waals surface area contributed by atoms with Gasteiger partial charge in [-0.25, -0.2) is 0 Å². The predicted molar refractivity (Wildman–Crippen MR) is 73.7 cm³/mol. The Morgan fingerprint density at radius 1 is 0.944 bits per heavy atom. The molecule has 92 valence electrons. The molecule has 1 aliphatic carbocycles. The van der Waals surface area contributed by atoms with Crippen LogP contribution in [-0.4, -0.2) is 17.2 Å². The van der Waals surface area contributed by atoms with E-state index in [1.54, 1.807) is 0 Å². The van der Waals surface area contributed by atoms with Gasteiger partial charge >= 0.3 is 0 Å². The second kappa shape index (κ2) is 4.77. The molecule has 1 aromatic carbocycles. The van der Waals surface area contributed by atoms with Crippen LogP contribution in [0.4, 0.5) is 5.82 Å². The molecule has 0 bridgehead atoms. The largest absolute Gasteiger partial charge is 0.372 e. The van der Waals surface area contributed by atoms with E-state index in [0.29, 0.717) is 0 Å². The first-order valence-electron chi connectivity index (χ1n) is 6.50. The molecule has 0 fully saturated rings. The summed E-state index contributed by atoms with van der Waals surface area (Å²) in [5.41, 5.74) is 5.11. The van der Waals surface area contributed by atoms with Crippen molar-refractivity contribution in [2.45, 2.75) is 25.7 Å². The van der Waals surface area contributed by atoms with E-state index in [2.05, 4.69) is 33.7 Å². The van der Waals surface area contributed by atoms with Crippen molar-refractivity contribution in [3.8, 4) is 11.3 Å². The first-order valence-corrected chi connectivity index (χ1v) is 6.50. The molecule has 2 aromatic rings. The molecule has 0 saturated carbocycles. The number of anilines is 1. The zero-order chi connectivity index (χ0) is 12.4. The average molecular weight is 239 g/mol. The Labute approximate surface area is 107 Å². The molecule has 18 heavy (non-hydrogen) atoms. The molecule has 0 saturated heterocycles. The zero-order valence-electron chi connectivity index (χ0n) is 10.6. The molecule has 1 aromatic heterocycles. The van der Waals surface area contributed by atoms with Gasteiger partial charge in [-0.1, -0.05) is 12.1 Å². The Morgan fingerprint density at radius 3 is 2.50 bits per heavy atom. The number of rotatable bonds is 2. The van der Waals surface area contributed by atoms with Crippen molar-refractivity contribution < 1.29 is 0 Å². The van der Waals surface area contributed by atoms with Gasteiger partial charge in [-0.2, -0.15) is 0 Å². The van der Waals surface area contributed by atoms with Crippen molar-refractivity contribution in [3.63, 3.8) is 0 Å². The monoisotopic (exact) mass is 239 g/mol. The zero-order valence-corrected chi connectivity index (χ0v) is 10.6. The van der Waals surface area contributed by atoms with Gasteiger partial charge in [0.2, 0.25) is 0 Å². The highest BCUT2D eigenvalue weighted by atomic mass is 15.2. The summed E-state index contributed by atoms with van der Waals surface area (Å²) in [6, 6.07) is 10.7. The van der Waals surface area contributed by atoms with Gasteiger partial charge < -0.3 is 5.32 Å². The molecule has 0 aliphatic heterocycles. The summed E-state index contributed by atoms with van der Waals surface area (Å²) in [4.78, 5) is 0. The van der Waals surface area contributed by atoms with Gasteiger partial charge in [0, 0.05) is 12.6 Å². The van der Waals surface area contributed by atoms with E-state index in [1.165, 1.54) is 42.4 Å². The van der Waals surface area contributed by atoms with E-state index in [9.17, 15) is 0 Å².